The van der Waals surface area contributed by atoms with Crippen molar-refractivity contribution in [1.82, 2.24) is 10.6 Å². The van der Waals surface area contributed by atoms with Gasteiger partial charge in [0.1, 0.15) is 23.7 Å². The van der Waals surface area contributed by atoms with Crippen molar-refractivity contribution >= 4 is 11.9 Å². The lowest BCUT2D eigenvalue weighted by molar-refractivity contribution is -0.177. The molecule has 4 atom stereocenters. The van der Waals surface area contributed by atoms with Crippen molar-refractivity contribution in [2.24, 2.45) is 0 Å². The fourth-order valence-corrected chi connectivity index (χ4v) is 6.66. The maximum absolute atomic E-state index is 13.8. The van der Waals surface area contributed by atoms with Gasteiger partial charge in [-0.25, -0.2) is 9.59 Å². The molecule has 0 aromatic heterocycles. The summed E-state index contributed by atoms with van der Waals surface area (Å²) in [5, 5.41) is 6.76. The van der Waals surface area contributed by atoms with E-state index >= 15 is 0 Å². The van der Waals surface area contributed by atoms with Gasteiger partial charge in [-0.3, -0.25) is 10.6 Å². The van der Waals surface area contributed by atoms with Crippen molar-refractivity contribution in [1.29, 1.82) is 0 Å². The van der Waals surface area contributed by atoms with E-state index in [1.54, 1.807) is 0 Å². The number of carbonyl (C=O) groups is 2. The second-order valence-corrected chi connectivity index (χ2v) is 14.2. The Kier molecular flexibility index (Phi) is 15.6. The number of esters is 2. The number of rotatable bonds is 20. The smallest absolute Gasteiger partial charge is 0.419 e. The molecule has 6 aromatic carbocycles. The molecule has 0 saturated heterocycles. The van der Waals surface area contributed by atoms with E-state index in [0.717, 1.165) is 44.9 Å². The van der Waals surface area contributed by atoms with Crippen LogP contribution < -0.4 is 20.1 Å². The van der Waals surface area contributed by atoms with Gasteiger partial charge in [-0.15, -0.1) is 0 Å². The molecule has 0 heterocycles. The highest BCUT2D eigenvalue weighted by Crippen LogP contribution is 2.30. The summed E-state index contributed by atoms with van der Waals surface area (Å²) in [7, 11) is 0. The van der Waals surface area contributed by atoms with Crippen LogP contribution in [0, 0.1) is 13.8 Å². The molecule has 0 spiro atoms. The molecule has 6 aromatic rings. The Hall–Kier alpha value is -6.22. The Morgan fingerprint density at radius 1 is 0.448 bits per heavy atom. The van der Waals surface area contributed by atoms with Gasteiger partial charge in [0.2, 0.25) is 0 Å². The van der Waals surface area contributed by atoms with Crippen LogP contribution in [-0.4, -0.2) is 37.5 Å². The van der Waals surface area contributed by atoms with Gasteiger partial charge in [0.15, 0.2) is 12.5 Å². The van der Waals surface area contributed by atoms with Gasteiger partial charge < -0.3 is 18.9 Å². The Morgan fingerprint density at radius 2 is 0.776 bits per heavy atom. The zero-order valence-electron chi connectivity index (χ0n) is 33.2. The van der Waals surface area contributed by atoms with Gasteiger partial charge in [0, 0.05) is 25.9 Å². The van der Waals surface area contributed by atoms with Crippen molar-refractivity contribution in [3.8, 4) is 11.5 Å². The second kappa shape index (κ2) is 21.9. The number of benzene rings is 6. The topological polar surface area (TPSA) is 95.1 Å². The fourth-order valence-electron chi connectivity index (χ4n) is 6.66. The summed E-state index contributed by atoms with van der Waals surface area (Å²) in [4.78, 5) is 27.6. The number of aryl methyl sites for hydroxylation is 2. The summed E-state index contributed by atoms with van der Waals surface area (Å²) in [6.45, 7) is 4.95. The first-order valence-corrected chi connectivity index (χ1v) is 19.9. The summed E-state index contributed by atoms with van der Waals surface area (Å²) in [5.41, 5.74) is 6.01. The minimum atomic E-state index is -1.11. The number of hydrogen-bond donors (Lipinski definition) is 2. The van der Waals surface area contributed by atoms with Crippen LogP contribution in [0.5, 0.6) is 11.5 Å². The third kappa shape index (κ3) is 12.9. The van der Waals surface area contributed by atoms with Gasteiger partial charge >= 0.3 is 11.9 Å². The number of ether oxygens (including phenoxy) is 4. The molecular formula is C50H52N2O6. The summed E-state index contributed by atoms with van der Waals surface area (Å²) < 4.78 is 25.1. The van der Waals surface area contributed by atoms with E-state index in [2.05, 4.69) is 10.6 Å². The van der Waals surface area contributed by atoms with E-state index < -0.39 is 36.6 Å². The van der Waals surface area contributed by atoms with Crippen molar-refractivity contribution in [2.45, 2.75) is 64.2 Å². The lowest BCUT2D eigenvalue weighted by Gasteiger charge is -2.28. The highest BCUT2D eigenvalue weighted by Gasteiger charge is 2.30. The molecule has 8 nitrogen and oxygen atoms in total. The van der Waals surface area contributed by atoms with Crippen LogP contribution in [0.15, 0.2) is 170 Å². The molecule has 2 N–H and O–H groups in total. The van der Waals surface area contributed by atoms with E-state index in [1.807, 2.05) is 184 Å². The molecule has 0 aliphatic heterocycles. The van der Waals surface area contributed by atoms with Crippen LogP contribution >= 0.6 is 0 Å². The summed E-state index contributed by atoms with van der Waals surface area (Å²) in [6.07, 6.45) is -0.952. The van der Waals surface area contributed by atoms with Gasteiger partial charge in [-0.05, 0) is 72.2 Å². The van der Waals surface area contributed by atoms with Crippen LogP contribution in [0.4, 0.5) is 0 Å². The van der Waals surface area contributed by atoms with Gasteiger partial charge in [0.05, 0.1) is 0 Å². The normalized spacial score (nSPS) is 13.1. The molecule has 8 heteroatoms. The molecular weight excluding hydrogens is 725 g/mol. The lowest BCUT2D eigenvalue weighted by Crippen LogP contribution is -2.42. The monoisotopic (exact) mass is 776 g/mol. The maximum Gasteiger partial charge on any atom is 0.419 e. The zero-order valence-corrected chi connectivity index (χ0v) is 33.2. The Labute approximate surface area is 342 Å². The van der Waals surface area contributed by atoms with Crippen LogP contribution in [0.25, 0.3) is 0 Å². The maximum atomic E-state index is 13.8. The largest absolute Gasteiger partial charge is 0.485 e. The molecule has 0 aliphatic carbocycles. The van der Waals surface area contributed by atoms with E-state index in [4.69, 9.17) is 18.9 Å². The van der Waals surface area contributed by atoms with Gasteiger partial charge in [-0.1, -0.05) is 158 Å². The van der Waals surface area contributed by atoms with Crippen molar-refractivity contribution < 1.29 is 28.5 Å². The third-order valence-corrected chi connectivity index (χ3v) is 9.85. The zero-order chi connectivity index (χ0) is 40.4. The second-order valence-electron chi connectivity index (χ2n) is 14.2. The Morgan fingerprint density at radius 3 is 1.14 bits per heavy atom. The predicted octanol–water partition coefficient (Wildman–Crippen LogP) is 9.43. The van der Waals surface area contributed by atoms with Crippen molar-refractivity contribution in [3.05, 3.63) is 203 Å². The van der Waals surface area contributed by atoms with E-state index in [0.29, 0.717) is 25.9 Å². The molecule has 4 unspecified atom stereocenters. The van der Waals surface area contributed by atoms with Crippen LogP contribution in [0.2, 0.25) is 0 Å². The molecule has 0 aliphatic rings. The highest BCUT2D eigenvalue weighted by atomic mass is 16.6. The SMILES string of the molecule is Cc1ccccc1OC(CC(NCCc1ccccc1)OC(=O)C(=O)OC(CC(Oc1ccccc1C)c1ccccc1)NCCc1ccccc1)c1ccccc1. The molecule has 0 radical (unpaired) electrons. The first-order chi connectivity index (χ1) is 28.4. The highest BCUT2D eigenvalue weighted by molar-refractivity contribution is 6.29. The fraction of sp³-hybridized carbons (Fsp3) is 0.240. The Bertz CT molecular complexity index is 1980. The summed E-state index contributed by atoms with van der Waals surface area (Å²) >= 11 is 0. The average molecular weight is 777 g/mol. The molecule has 0 bridgehead atoms. The minimum absolute atomic E-state index is 0.227. The number of para-hydroxylation sites is 2. The Balaban J connectivity index is 1.21. The molecule has 0 saturated carbocycles. The minimum Gasteiger partial charge on any atom is -0.485 e. The van der Waals surface area contributed by atoms with Crippen molar-refractivity contribution in [2.75, 3.05) is 13.1 Å². The average Bonchev–Trinajstić information content (AvgIpc) is 3.26. The molecule has 0 amide bonds. The summed E-state index contributed by atoms with van der Waals surface area (Å²) in [6, 6.07) is 55.3. The van der Waals surface area contributed by atoms with E-state index in [1.165, 1.54) is 0 Å². The predicted molar refractivity (Wildman–Crippen MR) is 227 cm³/mol. The van der Waals surface area contributed by atoms with Crippen LogP contribution in [-0.2, 0) is 31.9 Å². The number of nitrogens with one attached hydrogen (secondary N) is 2. The molecule has 0 fully saturated rings. The van der Waals surface area contributed by atoms with E-state index in [-0.39, 0.29) is 12.8 Å². The third-order valence-electron chi connectivity index (χ3n) is 9.85. The first-order valence-electron chi connectivity index (χ1n) is 19.9. The molecule has 58 heavy (non-hydrogen) atoms. The van der Waals surface area contributed by atoms with Gasteiger partial charge in [-0.2, -0.15) is 0 Å². The quantitative estimate of drug-likeness (QED) is 0.0450. The standard InChI is InChI=1S/C50H52N2O6/c1-37-19-15-17-29-43(37)55-45(41-25-11-5-12-26-41)35-47(51-33-31-39-21-7-3-8-22-39)57-49(53)50(54)58-48(52-34-32-40-23-9-4-10-24-40)36-46(42-27-13-6-14-28-42)56-44-30-18-16-20-38(44)2/h3-30,45-48,51-52H,31-36H2,1-2H3. The molecule has 298 valence electrons. The summed E-state index contributed by atoms with van der Waals surface area (Å²) in [5.74, 6) is -0.775. The van der Waals surface area contributed by atoms with Crippen molar-refractivity contribution in [3.63, 3.8) is 0 Å². The van der Waals surface area contributed by atoms with Crippen LogP contribution in [0.1, 0.15) is 58.4 Å². The van der Waals surface area contributed by atoms with Crippen LogP contribution in [0.3, 0.4) is 0 Å². The first kappa shape index (κ1) is 41.4. The van der Waals surface area contributed by atoms with E-state index in [9.17, 15) is 9.59 Å². The number of carbonyl (C=O) groups excluding carboxylic acids is 2. The molecule has 6 rings (SSSR count). The van der Waals surface area contributed by atoms with Gasteiger partial charge in [0.25, 0.3) is 0 Å². The number of hydrogen-bond acceptors (Lipinski definition) is 8. The lowest BCUT2D eigenvalue weighted by atomic mass is 10.0.